The molecule has 3 heterocycles. The van der Waals surface area contributed by atoms with Crippen LogP contribution in [0.1, 0.15) is 18.2 Å². The van der Waals surface area contributed by atoms with Gasteiger partial charge in [0.2, 0.25) is 12.3 Å². The van der Waals surface area contributed by atoms with E-state index in [-0.39, 0.29) is 0 Å². The summed E-state index contributed by atoms with van der Waals surface area (Å²) in [4.78, 5) is 0. The molecule has 0 fully saturated rings. The molecule has 4 aromatic rings. The molecule has 0 unspecified atom stereocenters. The van der Waals surface area contributed by atoms with Gasteiger partial charge in [-0.1, -0.05) is 6.92 Å². The largest absolute Gasteiger partial charge is 0.493 e. The Labute approximate surface area is 168 Å². The van der Waals surface area contributed by atoms with Crippen molar-refractivity contribution in [1.82, 2.24) is 0 Å². The normalized spacial score (nSPS) is 14.3. The van der Waals surface area contributed by atoms with Crippen LogP contribution in [0.4, 0.5) is 0 Å². The van der Waals surface area contributed by atoms with Gasteiger partial charge in [0.05, 0.1) is 30.4 Å². The lowest BCUT2D eigenvalue weighted by atomic mass is 9.91. The molecule has 0 spiro atoms. The Hall–Kier alpha value is -3.21. The van der Waals surface area contributed by atoms with Crippen molar-refractivity contribution in [2.24, 2.45) is 0 Å². The van der Waals surface area contributed by atoms with Crippen molar-refractivity contribution in [3.63, 3.8) is 0 Å². The van der Waals surface area contributed by atoms with E-state index >= 15 is 0 Å². The Morgan fingerprint density at radius 3 is 2.59 bits per heavy atom. The molecule has 0 atom stereocenters. The van der Waals surface area contributed by atoms with Gasteiger partial charge >= 0.3 is 0 Å². The molecule has 2 aliphatic rings. The van der Waals surface area contributed by atoms with Gasteiger partial charge in [-0.25, -0.2) is 0 Å². The van der Waals surface area contributed by atoms with Crippen LogP contribution >= 0.6 is 0 Å². The molecule has 0 aliphatic carbocycles. The number of pyridine rings is 1. The van der Waals surface area contributed by atoms with Gasteiger partial charge in [0.1, 0.15) is 0 Å². The van der Waals surface area contributed by atoms with Crippen LogP contribution < -0.4 is 23.5 Å². The Morgan fingerprint density at radius 1 is 0.966 bits per heavy atom. The molecule has 0 radical (unpaired) electrons. The molecule has 5 heteroatoms. The van der Waals surface area contributed by atoms with Gasteiger partial charge in [0.15, 0.2) is 35.2 Å². The van der Waals surface area contributed by atoms with E-state index in [1.165, 1.54) is 32.9 Å². The summed E-state index contributed by atoms with van der Waals surface area (Å²) < 4.78 is 25.4. The number of aryl methyl sites for hydroxylation is 3. The fourth-order valence-electron chi connectivity index (χ4n) is 5.19. The molecule has 0 bridgehead atoms. The minimum absolute atomic E-state index is 0.293. The number of benzene rings is 3. The van der Waals surface area contributed by atoms with Gasteiger partial charge in [-0.15, -0.1) is 0 Å². The summed E-state index contributed by atoms with van der Waals surface area (Å²) in [6.07, 6.45) is 1.88. The van der Waals surface area contributed by atoms with E-state index in [0.717, 1.165) is 53.2 Å². The summed E-state index contributed by atoms with van der Waals surface area (Å²) in [7, 11) is 3.41. The highest BCUT2D eigenvalue weighted by molar-refractivity contribution is 6.17. The van der Waals surface area contributed by atoms with Gasteiger partial charge < -0.3 is 18.9 Å². The Morgan fingerprint density at radius 2 is 1.79 bits per heavy atom. The summed E-state index contributed by atoms with van der Waals surface area (Å²) in [5.41, 5.74) is 3.88. The number of ether oxygens (including phenoxy) is 4. The first-order valence-corrected chi connectivity index (χ1v) is 10.0. The van der Waals surface area contributed by atoms with Gasteiger partial charge in [-0.3, -0.25) is 0 Å². The minimum atomic E-state index is 0.293. The fourth-order valence-corrected chi connectivity index (χ4v) is 5.19. The van der Waals surface area contributed by atoms with Crippen LogP contribution in [-0.4, -0.2) is 21.0 Å². The molecule has 29 heavy (non-hydrogen) atoms. The summed E-state index contributed by atoms with van der Waals surface area (Å²) in [6.45, 7) is 3.43. The van der Waals surface area contributed by atoms with E-state index < -0.39 is 0 Å². The fraction of sp³-hybridized carbons (Fsp3) is 0.292. The number of methoxy groups -OCH3 is 2. The molecule has 0 N–H and O–H groups in total. The van der Waals surface area contributed by atoms with E-state index in [1.54, 1.807) is 14.2 Å². The average molecular weight is 388 g/mol. The first-order chi connectivity index (χ1) is 14.3. The highest BCUT2D eigenvalue weighted by Gasteiger charge is 2.32. The lowest BCUT2D eigenvalue weighted by Crippen LogP contribution is -2.42. The predicted molar refractivity (Wildman–Crippen MR) is 111 cm³/mol. The van der Waals surface area contributed by atoms with E-state index in [0.29, 0.717) is 6.79 Å². The molecule has 5 nitrogen and oxygen atoms in total. The molecule has 1 aromatic heterocycles. The second-order valence-corrected chi connectivity index (χ2v) is 7.58. The first-order valence-electron chi connectivity index (χ1n) is 10.0. The van der Waals surface area contributed by atoms with Crippen LogP contribution in [0.5, 0.6) is 23.0 Å². The number of fused-ring (bicyclic) bond motifs is 4. The number of rotatable bonds is 3. The van der Waals surface area contributed by atoms with E-state index in [1.807, 2.05) is 6.07 Å². The van der Waals surface area contributed by atoms with E-state index in [9.17, 15) is 0 Å². The number of nitrogens with zero attached hydrogens (tertiary/aromatic N) is 1. The van der Waals surface area contributed by atoms with Crippen LogP contribution in [0.25, 0.3) is 32.4 Å². The third-order valence-corrected chi connectivity index (χ3v) is 6.35. The highest BCUT2D eigenvalue weighted by atomic mass is 16.7. The molecular weight excluding hydrogens is 366 g/mol. The molecule has 146 valence electrons. The van der Waals surface area contributed by atoms with Crippen molar-refractivity contribution >= 4 is 32.4 Å². The maximum absolute atomic E-state index is 5.83. The predicted octanol–water partition coefficient (Wildman–Crippen LogP) is 4.30. The molecule has 0 saturated carbocycles. The number of hydrogen-bond acceptors (Lipinski definition) is 4. The maximum atomic E-state index is 5.83. The lowest BCUT2D eigenvalue weighted by Gasteiger charge is -2.20. The Balaban J connectivity index is 1.87. The molecular formula is C24H22NO4+. The third-order valence-electron chi connectivity index (χ3n) is 6.35. The third kappa shape index (κ3) is 2.02. The summed E-state index contributed by atoms with van der Waals surface area (Å²) in [6, 6.07) is 10.7. The Kier molecular flexibility index (Phi) is 3.40. The first kappa shape index (κ1) is 16.7. The second-order valence-electron chi connectivity index (χ2n) is 7.58. The SMILES string of the molecule is CCc1c2c(OC)c(OC)ccc2c2ccc3c4c(cc5c3c2[n+]1CC5)OCO4. The minimum Gasteiger partial charge on any atom is -0.493 e. The zero-order valence-electron chi connectivity index (χ0n) is 16.8. The quantitative estimate of drug-likeness (QED) is 0.388. The topological polar surface area (TPSA) is 40.8 Å². The highest BCUT2D eigenvalue weighted by Crippen LogP contribution is 2.46. The van der Waals surface area contributed by atoms with E-state index in [2.05, 4.69) is 35.8 Å². The van der Waals surface area contributed by atoms with E-state index in [4.69, 9.17) is 18.9 Å². The molecule has 3 aromatic carbocycles. The summed E-state index contributed by atoms with van der Waals surface area (Å²) in [5, 5.41) is 5.98. The summed E-state index contributed by atoms with van der Waals surface area (Å²) in [5.74, 6) is 3.30. The second kappa shape index (κ2) is 5.89. The monoisotopic (exact) mass is 388 g/mol. The van der Waals surface area contributed by atoms with Crippen molar-refractivity contribution in [3.05, 3.63) is 41.6 Å². The number of hydrogen-bond donors (Lipinski definition) is 0. The number of aromatic nitrogens is 1. The van der Waals surface area contributed by atoms with Gasteiger partial charge in [-0.2, -0.15) is 4.57 Å². The lowest BCUT2D eigenvalue weighted by molar-refractivity contribution is -0.677. The average Bonchev–Trinajstić information content (AvgIpc) is 3.24. The van der Waals surface area contributed by atoms with Crippen LogP contribution in [0.2, 0.25) is 0 Å². The van der Waals surface area contributed by atoms with Crippen molar-refractivity contribution in [1.29, 1.82) is 0 Å². The van der Waals surface area contributed by atoms with Crippen molar-refractivity contribution < 1.29 is 23.5 Å². The van der Waals surface area contributed by atoms with Gasteiger partial charge in [0, 0.05) is 23.6 Å². The van der Waals surface area contributed by atoms with Crippen molar-refractivity contribution in [2.45, 2.75) is 26.3 Å². The van der Waals surface area contributed by atoms with Crippen LogP contribution in [-0.2, 0) is 19.4 Å². The Bertz CT molecular complexity index is 1340. The van der Waals surface area contributed by atoms with Crippen LogP contribution in [0.15, 0.2) is 30.3 Å². The van der Waals surface area contributed by atoms with Crippen LogP contribution in [0.3, 0.4) is 0 Å². The molecule has 0 amide bonds. The van der Waals surface area contributed by atoms with Gasteiger partial charge in [-0.05, 0) is 35.9 Å². The smallest absolute Gasteiger partial charge is 0.231 e. The molecule has 0 saturated heterocycles. The molecule has 6 rings (SSSR count). The van der Waals surface area contributed by atoms with Crippen molar-refractivity contribution in [2.75, 3.05) is 21.0 Å². The standard InChI is InChI=1S/C24H22NO4/c1-4-17-21-14(7-8-18(26-2)24(21)27-3)15-5-6-16-20-13(9-10-25(17)22(15)20)11-19-23(16)29-12-28-19/h5-8,11H,4,9-10,12H2,1-3H3/q+1. The summed E-state index contributed by atoms with van der Waals surface area (Å²) >= 11 is 0. The zero-order chi connectivity index (χ0) is 19.7. The molecule has 2 aliphatic heterocycles. The van der Waals surface area contributed by atoms with Gasteiger partial charge in [0.25, 0.3) is 0 Å². The maximum Gasteiger partial charge on any atom is 0.231 e. The zero-order valence-corrected chi connectivity index (χ0v) is 16.8. The van der Waals surface area contributed by atoms with Crippen molar-refractivity contribution in [3.8, 4) is 23.0 Å². The van der Waals surface area contributed by atoms with Crippen LogP contribution in [0, 0.1) is 0 Å².